The molecule has 0 saturated carbocycles. The fourth-order valence-corrected chi connectivity index (χ4v) is 2.67. The van der Waals surface area contributed by atoms with Gasteiger partial charge in [-0.25, -0.2) is 4.98 Å². The van der Waals surface area contributed by atoms with Gasteiger partial charge in [-0.1, -0.05) is 6.07 Å². The van der Waals surface area contributed by atoms with Gasteiger partial charge in [-0.3, -0.25) is 0 Å². The molecule has 0 amide bonds. The van der Waals surface area contributed by atoms with Gasteiger partial charge in [-0.2, -0.15) is 0 Å². The highest BCUT2D eigenvalue weighted by atomic mass is 32.1. The number of hydrogen-bond acceptors (Lipinski definition) is 4. The number of benzene rings is 1. The summed E-state index contributed by atoms with van der Waals surface area (Å²) in [5.74, 6) is 0.832. The summed E-state index contributed by atoms with van der Waals surface area (Å²) in [4.78, 5) is 9.55. The van der Waals surface area contributed by atoms with Crippen LogP contribution in [0.5, 0.6) is 5.75 Å². The van der Waals surface area contributed by atoms with E-state index >= 15 is 0 Å². The summed E-state index contributed by atoms with van der Waals surface area (Å²) < 4.78 is 5.83. The molecule has 0 fully saturated rings. The SMILES string of the molecule is CN(CCOc1cccc2[nH]cnc12)c1cccs1. The topological polar surface area (TPSA) is 41.1 Å². The van der Waals surface area contributed by atoms with Crippen molar-refractivity contribution in [2.45, 2.75) is 0 Å². The number of fused-ring (bicyclic) bond motifs is 1. The van der Waals surface area contributed by atoms with Crippen molar-refractivity contribution < 1.29 is 4.74 Å². The van der Waals surface area contributed by atoms with Crippen LogP contribution in [0.4, 0.5) is 5.00 Å². The molecule has 0 aliphatic rings. The predicted octanol–water partition coefficient (Wildman–Crippen LogP) is 3.14. The standard InChI is InChI=1S/C14H15N3OS/c1-17(13-6-3-9-19-13)7-8-18-12-5-2-4-11-14(12)16-10-15-11/h2-6,9-10H,7-8H2,1H3,(H,15,16). The minimum atomic E-state index is 0.639. The first-order valence-electron chi connectivity index (χ1n) is 6.14. The van der Waals surface area contributed by atoms with E-state index in [4.69, 9.17) is 4.74 Å². The summed E-state index contributed by atoms with van der Waals surface area (Å²) >= 11 is 1.73. The van der Waals surface area contributed by atoms with E-state index in [1.165, 1.54) is 5.00 Å². The maximum atomic E-state index is 5.83. The van der Waals surface area contributed by atoms with Gasteiger partial charge in [0.1, 0.15) is 17.9 Å². The fraction of sp³-hybridized carbons (Fsp3) is 0.214. The summed E-state index contributed by atoms with van der Waals surface area (Å²) in [5.41, 5.74) is 1.89. The van der Waals surface area contributed by atoms with Crippen LogP contribution in [0, 0.1) is 0 Å². The molecule has 98 valence electrons. The Morgan fingerprint density at radius 1 is 1.32 bits per heavy atom. The van der Waals surface area contributed by atoms with Gasteiger partial charge in [0.15, 0.2) is 0 Å². The van der Waals surface area contributed by atoms with Crippen molar-refractivity contribution in [3.05, 3.63) is 42.0 Å². The van der Waals surface area contributed by atoms with Crippen LogP contribution >= 0.6 is 11.3 Å². The molecule has 0 aliphatic carbocycles. The van der Waals surface area contributed by atoms with Crippen LogP contribution in [-0.4, -0.2) is 30.2 Å². The van der Waals surface area contributed by atoms with Crippen LogP contribution in [0.15, 0.2) is 42.0 Å². The highest BCUT2D eigenvalue weighted by molar-refractivity contribution is 7.14. The number of nitrogens with zero attached hydrogens (tertiary/aromatic N) is 2. The molecule has 3 rings (SSSR count). The summed E-state index contributed by atoms with van der Waals surface area (Å²) in [5, 5.41) is 3.33. The zero-order valence-corrected chi connectivity index (χ0v) is 11.5. The Balaban J connectivity index is 1.62. The van der Waals surface area contributed by atoms with Gasteiger partial charge in [0.05, 0.1) is 23.4 Å². The third-order valence-electron chi connectivity index (χ3n) is 2.98. The second kappa shape index (κ2) is 5.32. The average molecular weight is 273 g/mol. The summed E-state index contributed by atoms with van der Waals surface area (Å²) in [6.45, 7) is 1.49. The highest BCUT2D eigenvalue weighted by Crippen LogP contribution is 2.22. The minimum Gasteiger partial charge on any atom is -0.489 e. The molecule has 2 heterocycles. The molecule has 1 aromatic carbocycles. The number of aromatic amines is 1. The third kappa shape index (κ3) is 2.56. The molecule has 2 aromatic heterocycles. The van der Waals surface area contributed by atoms with Crippen LogP contribution in [-0.2, 0) is 0 Å². The van der Waals surface area contributed by atoms with Crippen molar-refractivity contribution >= 4 is 27.4 Å². The maximum absolute atomic E-state index is 5.83. The largest absolute Gasteiger partial charge is 0.489 e. The van der Waals surface area contributed by atoms with Crippen LogP contribution < -0.4 is 9.64 Å². The van der Waals surface area contributed by atoms with Gasteiger partial charge in [0.25, 0.3) is 0 Å². The summed E-state index contributed by atoms with van der Waals surface area (Å²) in [7, 11) is 2.07. The second-order valence-corrected chi connectivity index (χ2v) is 5.20. The molecule has 0 bridgehead atoms. The Bertz CT molecular complexity index is 648. The minimum absolute atomic E-state index is 0.639. The number of likely N-dealkylation sites (N-methyl/N-ethyl adjacent to an activating group) is 1. The zero-order valence-electron chi connectivity index (χ0n) is 10.7. The van der Waals surface area contributed by atoms with Crippen molar-refractivity contribution in [3.8, 4) is 5.75 Å². The summed E-state index contributed by atoms with van der Waals surface area (Å²) in [6, 6.07) is 10.1. The third-order valence-corrected chi connectivity index (χ3v) is 3.96. The lowest BCUT2D eigenvalue weighted by molar-refractivity contribution is 0.329. The van der Waals surface area contributed by atoms with E-state index in [9.17, 15) is 0 Å². The number of rotatable bonds is 5. The first kappa shape index (κ1) is 12.0. The number of thiophene rings is 1. The van der Waals surface area contributed by atoms with E-state index in [1.807, 2.05) is 18.2 Å². The number of H-pyrrole nitrogens is 1. The molecule has 0 radical (unpaired) electrons. The Hall–Kier alpha value is -2.01. The van der Waals surface area contributed by atoms with E-state index in [2.05, 4.69) is 39.4 Å². The molecule has 0 atom stereocenters. The van der Waals surface area contributed by atoms with Crippen molar-refractivity contribution in [1.29, 1.82) is 0 Å². The second-order valence-electron chi connectivity index (χ2n) is 4.28. The molecule has 5 heteroatoms. The lowest BCUT2D eigenvalue weighted by atomic mass is 10.3. The van der Waals surface area contributed by atoms with Gasteiger partial charge in [0.2, 0.25) is 0 Å². The Kier molecular flexibility index (Phi) is 3.37. The van der Waals surface area contributed by atoms with Crippen molar-refractivity contribution in [2.24, 2.45) is 0 Å². The summed E-state index contributed by atoms with van der Waals surface area (Å²) in [6.07, 6.45) is 1.69. The van der Waals surface area contributed by atoms with E-state index < -0.39 is 0 Å². The molecule has 3 aromatic rings. The molecular formula is C14H15N3OS. The molecule has 1 N–H and O–H groups in total. The molecule has 0 saturated heterocycles. The predicted molar refractivity (Wildman–Crippen MR) is 79.2 cm³/mol. The molecule has 0 aliphatic heterocycles. The highest BCUT2D eigenvalue weighted by Gasteiger charge is 2.05. The van der Waals surface area contributed by atoms with Gasteiger partial charge in [-0.05, 0) is 29.6 Å². The number of anilines is 1. The normalized spacial score (nSPS) is 10.8. The first-order valence-corrected chi connectivity index (χ1v) is 7.02. The lowest BCUT2D eigenvalue weighted by Gasteiger charge is -2.17. The maximum Gasteiger partial charge on any atom is 0.147 e. The Morgan fingerprint density at radius 2 is 2.26 bits per heavy atom. The molecule has 0 unspecified atom stereocenters. The van der Waals surface area contributed by atoms with E-state index in [-0.39, 0.29) is 0 Å². The monoisotopic (exact) mass is 273 g/mol. The number of hydrogen-bond donors (Lipinski definition) is 1. The van der Waals surface area contributed by atoms with Crippen LogP contribution in [0.3, 0.4) is 0 Å². The number of nitrogens with one attached hydrogen (secondary N) is 1. The van der Waals surface area contributed by atoms with Gasteiger partial charge in [-0.15, -0.1) is 11.3 Å². The van der Waals surface area contributed by atoms with Crippen molar-refractivity contribution in [3.63, 3.8) is 0 Å². The average Bonchev–Trinajstić information content (AvgIpc) is 3.10. The number of imidazole rings is 1. The van der Waals surface area contributed by atoms with E-state index in [0.717, 1.165) is 23.3 Å². The van der Waals surface area contributed by atoms with Crippen LogP contribution in [0.25, 0.3) is 11.0 Å². The van der Waals surface area contributed by atoms with Crippen molar-refractivity contribution in [1.82, 2.24) is 9.97 Å². The first-order chi connectivity index (χ1) is 9.34. The zero-order chi connectivity index (χ0) is 13.1. The van der Waals surface area contributed by atoms with Crippen LogP contribution in [0.2, 0.25) is 0 Å². The van der Waals surface area contributed by atoms with E-state index in [0.29, 0.717) is 6.61 Å². The van der Waals surface area contributed by atoms with Gasteiger partial charge >= 0.3 is 0 Å². The van der Waals surface area contributed by atoms with Crippen LogP contribution in [0.1, 0.15) is 0 Å². The fourth-order valence-electron chi connectivity index (χ4n) is 1.94. The Morgan fingerprint density at radius 3 is 3.11 bits per heavy atom. The van der Waals surface area contributed by atoms with Gasteiger partial charge in [0, 0.05) is 7.05 Å². The number of aromatic nitrogens is 2. The molecule has 0 spiro atoms. The lowest BCUT2D eigenvalue weighted by Crippen LogP contribution is -2.22. The Labute approximate surface area is 115 Å². The van der Waals surface area contributed by atoms with Gasteiger partial charge < -0.3 is 14.6 Å². The number of ether oxygens (including phenoxy) is 1. The van der Waals surface area contributed by atoms with E-state index in [1.54, 1.807) is 17.7 Å². The number of para-hydroxylation sites is 1. The molecule has 19 heavy (non-hydrogen) atoms. The quantitative estimate of drug-likeness (QED) is 0.776. The molecule has 4 nitrogen and oxygen atoms in total. The smallest absolute Gasteiger partial charge is 0.147 e. The van der Waals surface area contributed by atoms with Crippen molar-refractivity contribution in [2.75, 3.05) is 25.1 Å². The molecular weight excluding hydrogens is 258 g/mol.